The number of hydrogen-bond donors (Lipinski definition) is 0. The molecule has 4 heteroatoms. The Kier molecular flexibility index (Phi) is 4.93. The molecular formula is C22H28N3O+. The second-order valence-electron chi connectivity index (χ2n) is 7.27. The van der Waals surface area contributed by atoms with E-state index < -0.39 is 0 Å². The molecule has 0 spiro atoms. The minimum atomic E-state index is 0.483. The number of anilines is 2. The smallest absolute Gasteiger partial charge is 0.244 e. The summed E-state index contributed by atoms with van der Waals surface area (Å²) in [5.41, 5.74) is 5.19. The monoisotopic (exact) mass is 350 g/mol. The number of benzene rings is 2. The quantitative estimate of drug-likeness (QED) is 0.764. The molecule has 2 aromatic carbocycles. The van der Waals surface area contributed by atoms with Crippen LogP contribution in [-0.2, 0) is 4.74 Å². The highest BCUT2D eigenvalue weighted by Crippen LogP contribution is 2.34. The van der Waals surface area contributed by atoms with Crippen molar-refractivity contribution in [3.05, 3.63) is 54.1 Å². The summed E-state index contributed by atoms with van der Waals surface area (Å²) < 4.78 is 7.85. The van der Waals surface area contributed by atoms with E-state index in [0.717, 1.165) is 26.2 Å². The number of aryl methyl sites for hydroxylation is 1. The van der Waals surface area contributed by atoms with E-state index >= 15 is 0 Å². The number of nitrogens with zero attached hydrogens (tertiary/aromatic N) is 3. The van der Waals surface area contributed by atoms with Crippen LogP contribution in [0, 0.1) is 6.92 Å². The van der Waals surface area contributed by atoms with Crippen LogP contribution in [-0.4, -0.2) is 50.3 Å². The summed E-state index contributed by atoms with van der Waals surface area (Å²) in [6.07, 6.45) is 4.71. The van der Waals surface area contributed by atoms with Gasteiger partial charge in [0.05, 0.1) is 18.3 Å². The fourth-order valence-electron chi connectivity index (χ4n) is 4.15. The Hall–Kier alpha value is -2.33. The molecule has 0 aromatic heterocycles. The number of ether oxygens (including phenoxy) is 1. The molecule has 0 unspecified atom stereocenters. The molecule has 4 nitrogen and oxygen atoms in total. The van der Waals surface area contributed by atoms with Gasteiger partial charge in [0.1, 0.15) is 24.5 Å². The van der Waals surface area contributed by atoms with Crippen LogP contribution < -0.4 is 9.80 Å². The van der Waals surface area contributed by atoms with Crippen LogP contribution in [0.5, 0.6) is 0 Å². The van der Waals surface area contributed by atoms with Crippen molar-refractivity contribution in [3.63, 3.8) is 0 Å². The van der Waals surface area contributed by atoms with Crippen molar-refractivity contribution < 1.29 is 9.31 Å². The first-order valence-corrected chi connectivity index (χ1v) is 9.56. The van der Waals surface area contributed by atoms with Gasteiger partial charge < -0.3 is 9.64 Å². The van der Waals surface area contributed by atoms with Gasteiger partial charge in [-0.15, -0.1) is 0 Å². The SMILES string of the molecule is COC[C@@H]1CCCN1c1ccccc1[N+]1=CN(c2cccc(C)c2)CC1. The van der Waals surface area contributed by atoms with Gasteiger partial charge in [-0.05, 0) is 49.6 Å². The second-order valence-corrected chi connectivity index (χ2v) is 7.27. The van der Waals surface area contributed by atoms with Crippen molar-refractivity contribution in [1.29, 1.82) is 0 Å². The van der Waals surface area contributed by atoms with Gasteiger partial charge in [0.25, 0.3) is 0 Å². The van der Waals surface area contributed by atoms with E-state index in [1.54, 1.807) is 7.11 Å². The molecule has 2 heterocycles. The molecule has 0 amide bonds. The molecule has 2 aliphatic rings. The highest BCUT2D eigenvalue weighted by atomic mass is 16.5. The zero-order valence-corrected chi connectivity index (χ0v) is 15.8. The Bertz CT molecular complexity index is 801. The summed E-state index contributed by atoms with van der Waals surface area (Å²) in [6, 6.07) is 18.0. The molecule has 26 heavy (non-hydrogen) atoms. The fourth-order valence-corrected chi connectivity index (χ4v) is 4.15. The van der Waals surface area contributed by atoms with Crippen LogP contribution in [0.1, 0.15) is 18.4 Å². The van der Waals surface area contributed by atoms with E-state index in [9.17, 15) is 0 Å². The summed E-state index contributed by atoms with van der Waals surface area (Å²) >= 11 is 0. The molecule has 2 aromatic rings. The van der Waals surface area contributed by atoms with Crippen molar-refractivity contribution in [2.45, 2.75) is 25.8 Å². The van der Waals surface area contributed by atoms with Gasteiger partial charge in [-0.2, -0.15) is 0 Å². The molecule has 136 valence electrons. The predicted molar refractivity (Wildman–Crippen MR) is 108 cm³/mol. The van der Waals surface area contributed by atoms with Gasteiger partial charge in [0, 0.05) is 13.7 Å². The van der Waals surface area contributed by atoms with Crippen molar-refractivity contribution in [2.75, 3.05) is 43.2 Å². The van der Waals surface area contributed by atoms with Crippen LogP contribution in [0.2, 0.25) is 0 Å². The highest BCUT2D eigenvalue weighted by Gasteiger charge is 2.30. The zero-order valence-electron chi connectivity index (χ0n) is 15.8. The van der Waals surface area contributed by atoms with Crippen LogP contribution in [0.4, 0.5) is 17.1 Å². The summed E-state index contributed by atoms with van der Waals surface area (Å²) in [7, 11) is 1.80. The van der Waals surface area contributed by atoms with Gasteiger partial charge in [-0.1, -0.05) is 24.3 Å². The van der Waals surface area contributed by atoms with Gasteiger partial charge in [-0.3, -0.25) is 0 Å². The normalized spacial score (nSPS) is 19.9. The number of rotatable bonds is 5. The van der Waals surface area contributed by atoms with Gasteiger partial charge in [0.2, 0.25) is 6.34 Å². The molecule has 1 saturated heterocycles. The summed E-state index contributed by atoms with van der Waals surface area (Å²) in [4.78, 5) is 4.88. The van der Waals surface area contributed by atoms with E-state index in [1.165, 1.54) is 35.5 Å². The van der Waals surface area contributed by atoms with Crippen LogP contribution >= 0.6 is 0 Å². The molecule has 2 aliphatic heterocycles. The molecule has 0 saturated carbocycles. The highest BCUT2D eigenvalue weighted by molar-refractivity contribution is 5.79. The van der Waals surface area contributed by atoms with E-state index in [4.69, 9.17) is 4.74 Å². The lowest BCUT2D eigenvalue weighted by Gasteiger charge is -2.27. The Labute approximate surface area is 156 Å². The Balaban J connectivity index is 1.63. The molecule has 0 aliphatic carbocycles. The van der Waals surface area contributed by atoms with E-state index in [1.807, 2.05) is 0 Å². The lowest BCUT2D eigenvalue weighted by Crippen LogP contribution is -2.33. The minimum absolute atomic E-state index is 0.483. The summed E-state index contributed by atoms with van der Waals surface area (Å²) in [5.74, 6) is 0. The van der Waals surface area contributed by atoms with Crippen LogP contribution in [0.25, 0.3) is 0 Å². The average Bonchev–Trinajstić information content (AvgIpc) is 3.32. The molecule has 0 N–H and O–H groups in total. The summed E-state index contributed by atoms with van der Waals surface area (Å²) in [5, 5.41) is 0. The molecule has 0 bridgehead atoms. The summed E-state index contributed by atoms with van der Waals surface area (Å²) in [6.45, 7) is 6.08. The Morgan fingerprint density at radius 3 is 2.85 bits per heavy atom. The largest absolute Gasteiger partial charge is 0.383 e. The third-order valence-corrected chi connectivity index (χ3v) is 5.43. The van der Waals surface area contributed by atoms with Gasteiger partial charge in [-0.25, -0.2) is 9.48 Å². The molecular weight excluding hydrogens is 322 g/mol. The van der Waals surface area contributed by atoms with E-state index in [2.05, 4.69) is 76.2 Å². The maximum atomic E-state index is 5.46. The maximum Gasteiger partial charge on any atom is 0.244 e. The lowest BCUT2D eigenvalue weighted by molar-refractivity contribution is -0.423. The average molecular weight is 350 g/mol. The predicted octanol–water partition coefficient (Wildman–Crippen LogP) is 3.80. The number of hydrogen-bond acceptors (Lipinski definition) is 3. The first-order valence-electron chi connectivity index (χ1n) is 9.56. The standard InChI is InChI=1S/C22H28N3O/c1-18-7-5-8-19(15-18)23-13-14-24(17-23)21-10-3-4-11-22(21)25-12-6-9-20(25)16-26-2/h3-5,7-8,10-11,15,17,20H,6,9,12-14,16H2,1-2H3/q+1/t20-/m0/s1. The Morgan fingerprint density at radius 2 is 2.00 bits per heavy atom. The minimum Gasteiger partial charge on any atom is -0.383 e. The maximum absolute atomic E-state index is 5.46. The van der Waals surface area contributed by atoms with Crippen molar-refractivity contribution in [1.82, 2.24) is 0 Å². The second kappa shape index (κ2) is 7.50. The van der Waals surface area contributed by atoms with Crippen LogP contribution in [0.3, 0.4) is 0 Å². The van der Waals surface area contributed by atoms with E-state index in [0.29, 0.717) is 6.04 Å². The van der Waals surface area contributed by atoms with E-state index in [-0.39, 0.29) is 0 Å². The molecule has 4 rings (SSSR count). The van der Waals surface area contributed by atoms with Crippen LogP contribution in [0.15, 0.2) is 48.5 Å². The van der Waals surface area contributed by atoms with Crippen molar-refractivity contribution >= 4 is 23.4 Å². The van der Waals surface area contributed by atoms with Gasteiger partial charge >= 0.3 is 0 Å². The van der Waals surface area contributed by atoms with Crippen molar-refractivity contribution in [2.24, 2.45) is 0 Å². The number of para-hydroxylation sites is 2. The third kappa shape index (κ3) is 3.34. The Morgan fingerprint density at radius 1 is 1.12 bits per heavy atom. The topological polar surface area (TPSA) is 18.7 Å². The first kappa shape index (κ1) is 17.1. The fraction of sp³-hybridized carbons (Fsp3) is 0.409. The zero-order chi connectivity index (χ0) is 17.9. The molecule has 1 atom stereocenters. The molecule has 1 fully saturated rings. The lowest BCUT2D eigenvalue weighted by atomic mass is 10.2. The third-order valence-electron chi connectivity index (χ3n) is 5.43. The number of methoxy groups -OCH3 is 1. The molecule has 0 radical (unpaired) electrons. The van der Waals surface area contributed by atoms with Gasteiger partial charge in [0.15, 0.2) is 0 Å². The first-order chi connectivity index (χ1) is 12.8. The van der Waals surface area contributed by atoms with Crippen molar-refractivity contribution in [3.8, 4) is 0 Å².